The second-order valence-corrected chi connectivity index (χ2v) is 6.98. The standard InChI is InChI=1S/C19H14F3N3O3S/c1-2-27-17(26)16-13(12-5-3-4-6-14(12)28-16)10-29-18-24-23-15-8-7-11(9-25(15)18)19(20,21)22/h3-9H,2,10H2,1H3. The average Bonchev–Trinajstić information content (AvgIpc) is 3.26. The molecule has 0 spiro atoms. The van der Waals surface area contributed by atoms with E-state index in [0.29, 0.717) is 16.8 Å². The molecule has 4 rings (SSSR count). The van der Waals surface area contributed by atoms with E-state index in [1.165, 1.54) is 10.5 Å². The Hall–Kier alpha value is -3.01. The molecule has 3 heterocycles. The van der Waals surface area contributed by atoms with Crippen LogP contribution in [0.15, 0.2) is 52.2 Å². The number of carbonyl (C=O) groups excluding carboxylic acids is 1. The Balaban J connectivity index is 1.70. The molecule has 29 heavy (non-hydrogen) atoms. The molecule has 6 nitrogen and oxygen atoms in total. The third-order valence-corrected chi connectivity index (χ3v) is 5.17. The number of furan rings is 1. The van der Waals surface area contributed by atoms with Crippen molar-refractivity contribution >= 4 is 34.3 Å². The summed E-state index contributed by atoms with van der Waals surface area (Å²) < 4.78 is 51.1. The predicted molar refractivity (Wildman–Crippen MR) is 99.7 cm³/mol. The van der Waals surface area contributed by atoms with E-state index in [9.17, 15) is 18.0 Å². The van der Waals surface area contributed by atoms with E-state index in [2.05, 4.69) is 10.2 Å². The summed E-state index contributed by atoms with van der Waals surface area (Å²) in [6.07, 6.45) is -3.52. The Morgan fingerprint density at radius 2 is 2.00 bits per heavy atom. The van der Waals surface area contributed by atoms with E-state index in [4.69, 9.17) is 9.15 Å². The molecule has 0 aliphatic heterocycles. The molecule has 0 unspecified atom stereocenters. The van der Waals surface area contributed by atoms with Gasteiger partial charge in [-0.2, -0.15) is 13.2 Å². The number of thioether (sulfide) groups is 1. The number of hydrogen-bond acceptors (Lipinski definition) is 6. The van der Waals surface area contributed by atoms with Crippen LogP contribution in [0.5, 0.6) is 0 Å². The first kappa shape index (κ1) is 19.3. The van der Waals surface area contributed by atoms with E-state index >= 15 is 0 Å². The molecule has 0 aliphatic carbocycles. The number of hydrogen-bond donors (Lipinski definition) is 0. The first-order valence-corrected chi connectivity index (χ1v) is 9.59. The molecule has 0 N–H and O–H groups in total. The zero-order chi connectivity index (χ0) is 20.6. The van der Waals surface area contributed by atoms with Crippen LogP contribution in [0.4, 0.5) is 13.2 Å². The number of fused-ring (bicyclic) bond motifs is 2. The normalized spacial score (nSPS) is 12.0. The Morgan fingerprint density at radius 1 is 1.21 bits per heavy atom. The van der Waals surface area contributed by atoms with Gasteiger partial charge in [-0.3, -0.25) is 4.40 Å². The minimum absolute atomic E-state index is 0.0744. The lowest BCUT2D eigenvalue weighted by Gasteiger charge is -2.07. The Kier molecular flexibility index (Phi) is 4.95. The van der Waals surface area contributed by atoms with Crippen LogP contribution in [-0.4, -0.2) is 27.2 Å². The van der Waals surface area contributed by atoms with Crippen molar-refractivity contribution in [3.8, 4) is 0 Å². The average molecular weight is 421 g/mol. The third kappa shape index (κ3) is 3.67. The fraction of sp³-hybridized carbons (Fsp3) is 0.211. The van der Waals surface area contributed by atoms with Crippen molar-refractivity contribution in [1.29, 1.82) is 0 Å². The summed E-state index contributed by atoms with van der Waals surface area (Å²) in [5, 5.41) is 8.87. The smallest absolute Gasteiger partial charge is 0.417 e. The molecular formula is C19H14F3N3O3S. The topological polar surface area (TPSA) is 69.6 Å². The lowest BCUT2D eigenvalue weighted by Crippen LogP contribution is -2.07. The number of alkyl halides is 3. The number of pyridine rings is 1. The molecule has 0 amide bonds. The number of para-hydroxylation sites is 1. The zero-order valence-electron chi connectivity index (χ0n) is 15.1. The van der Waals surface area contributed by atoms with Crippen LogP contribution in [-0.2, 0) is 16.7 Å². The van der Waals surface area contributed by atoms with Gasteiger partial charge >= 0.3 is 12.1 Å². The molecule has 0 atom stereocenters. The van der Waals surface area contributed by atoms with Gasteiger partial charge in [0, 0.05) is 22.9 Å². The van der Waals surface area contributed by atoms with Gasteiger partial charge in [0.25, 0.3) is 0 Å². The molecule has 10 heteroatoms. The van der Waals surface area contributed by atoms with Crippen molar-refractivity contribution in [1.82, 2.24) is 14.6 Å². The number of carbonyl (C=O) groups is 1. The monoisotopic (exact) mass is 421 g/mol. The van der Waals surface area contributed by atoms with E-state index in [1.807, 2.05) is 6.07 Å². The van der Waals surface area contributed by atoms with Crippen LogP contribution < -0.4 is 0 Å². The summed E-state index contributed by atoms with van der Waals surface area (Å²) in [6, 6.07) is 9.35. The lowest BCUT2D eigenvalue weighted by molar-refractivity contribution is -0.137. The Morgan fingerprint density at radius 3 is 2.76 bits per heavy atom. The van der Waals surface area contributed by atoms with Crippen molar-refractivity contribution in [3.05, 3.63) is 59.5 Å². The number of aromatic nitrogens is 3. The first-order valence-electron chi connectivity index (χ1n) is 8.60. The quantitative estimate of drug-likeness (QED) is 0.335. The van der Waals surface area contributed by atoms with Crippen LogP contribution in [0, 0.1) is 0 Å². The molecule has 0 bridgehead atoms. The molecule has 1 aromatic carbocycles. The van der Waals surface area contributed by atoms with Crippen molar-refractivity contribution < 1.29 is 27.1 Å². The van der Waals surface area contributed by atoms with Crippen LogP contribution in [0.2, 0.25) is 0 Å². The highest BCUT2D eigenvalue weighted by Gasteiger charge is 2.31. The van der Waals surface area contributed by atoms with Gasteiger partial charge in [-0.1, -0.05) is 30.0 Å². The fourth-order valence-electron chi connectivity index (χ4n) is 2.88. The zero-order valence-corrected chi connectivity index (χ0v) is 15.9. The summed E-state index contributed by atoms with van der Waals surface area (Å²) >= 11 is 1.15. The summed E-state index contributed by atoms with van der Waals surface area (Å²) in [4.78, 5) is 12.3. The maximum Gasteiger partial charge on any atom is 0.417 e. The minimum atomic E-state index is -4.47. The van der Waals surface area contributed by atoms with Gasteiger partial charge < -0.3 is 9.15 Å². The van der Waals surface area contributed by atoms with Crippen LogP contribution >= 0.6 is 11.8 Å². The van der Waals surface area contributed by atoms with E-state index < -0.39 is 17.7 Å². The summed E-state index contributed by atoms with van der Waals surface area (Å²) in [7, 11) is 0. The third-order valence-electron chi connectivity index (χ3n) is 4.20. The van der Waals surface area contributed by atoms with Crippen LogP contribution in [0.1, 0.15) is 28.6 Å². The number of rotatable bonds is 5. The van der Waals surface area contributed by atoms with Gasteiger partial charge in [0.1, 0.15) is 5.58 Å². The van der Waals surface area contributed by atoms with Gasteiger partial charge in [0.15, 0.2) is 10.8 Å². The highest BCUT2D eigenvalue weighted by atomic mass is 32.2. The van der Waals surface area contributed by atoms with Crippen molar-refractivity contribution in [2.45, 2.75) is 24.0 Å². The molecule has 3 aromatic heterocycles. The van der Waals surface area contributed by atoms with E-state index in [1.54, 1.807) is 25.1 Å². The molecule has 0 saturated carbocycles. The summed E-state index contributed by atoms with van der Waals surface area (Å²) in [5.41, 5.74) is 0.611. The predicted octanol–water partition coefficient (Wildman–Crippen LogP) is 4.96. The van der Waals surface area contributed by atoms with Gasteiger partial charge in [0.2, 0.25) is 5.76 Å². The second-order valence-electron chi connectivity index (χ2n) is 6.04. The number of nitrogens with zero attached hydrogens (tertiary/aromatic N) is 3. The van der Waals surface area contributed by atoms with Gasteiger partial charge in [-0.05, 0) is 25.1 Å². The van der Waals surface area contributed by atoms with Gasteiger partial charge in [-0.25, -0.2) is 4.79 Å². The van der Waals surface area contributed by atoms with E-state index in [-0.39, 0.29) is 23.3 Å². The molecule has 4 aromatic rings. The van der Waals surface area contributed by atoms with Crippen LogP contribution in [0.25, 0.3) is 16.6 Å². The number of benzene rings is 1. The van der Waals surface area contributed by atoms with Crippen LogP contribution in [0.3, 0.4) is 0 Å². The fourth-order valence-corrected chi connectivity index (χ4v) is 3.82. The Labute approximate surface area is 166 Å². The highest BCUT2D eigenvalue weighted by molar-refractivity contribution is 7.98. The van der Waals surface area contributed by atoms with Gasteiger partial charge in [0.05, 0.1) is 12.2 Å². The number of halogens is 3. The summed E-state index contributed by atoms with van der Waals surface area (Å²) in [6.45, 7) is 1.88. The molecule has 0 saturated heterocycles. The Bertz CT molecular complexity index is 1200. The van der Waals surface area contributed by atoms with E-state index in [0.717, 1.165) is 29.4 Å². The lowest BCUT2D eigenvalue weighted by atomic mass is 10.1. The first-order chi connectivity index (χ1) is 13.9. The van der Waals surface area contributed by atoms with Crippen molar-refractivity contribution in [3.63, 3.8) is 0 Å². The second kappa shape index (κ2) is 7.43. The molecular weight excluding hydrogens is 407 g/mol. The molecule has 0 aliphatic rings. The van der Waals surface area contributed by atoms with Crippen molar-refractivity contribution in [2.75, 3.05) is 6.61 Å². The molecule has 0 radical (unpaired) electrons. The SMILES string of the molecule is CCOC(=O)c1oc2ccccc2c1CSc1nnc2ccc(C(F)(F)F)cn12. The summed E-state index contributed by atoms with van der Waals surface area (Å²) in [5.74, 6) is -0.280. The highest BCUT2D eigenvalue weighted by Crippen LogP contribution is 2.33. The maximum absolute atomic E-state index is 13.0. The maximum atomic E-state index is 13.0. The molecule has 0 fully saturated rings. The number of esters is 1. The molecule has 150 valence electrons. The number of ether oxygens (including phenoxy) is 1. The largest absolute Gasteiger partial charge is 0.460 e. The van der Waals surface area contributed by atoms with Crippen molar-refractivity contribution in [2.24, 2.45) is 0 Å². The van der Waals surface area contributed by atoms with Gasteiger partial charge in [-0.15, -0.1) is 10.2 Å². The minimum Gasteiger partial charge on any atom is -0.460 e.